The Labute approximate surface area is 142 Å². The molecule has 1 amide bonds. The van der Waals surface area contributed by atoms with Gasteiger partial charge < -0.3 is 15.5 Å². The zero-order valence-corrected chi connectivity index (χ0v) is 13.6. The fraction of sp³-hybridized carbons (Fsp3) is 0.176. The molecule has 0 saturated heterocycles. The van der Waals surface area contributed by atoms with Gasteiger partial charge in [0.05, 0.1) is 6.61 Å². The predicted molar refractivity (Wildman–Crippen MR) is 92.9 cm³/mol. The van der Waals surface area contributed by atoms with Crippen LogP contribution in [0.4, 0.5) is 0 Å². The van der Waals surface area contributed by atoms with Crippen LogP contribution in [0.5, 0.6) is 5.75 Å². The summed E-state index contributed by atoms with van der Waals surface area (Å²) in [6, 6.07) is 9.18. The lowest BCUT2D eigenvalue weighted by Gasteiger charge is -2.23. The molecule has 3 aromatic rings. The average molecular weight is 340 g/mol. The summed E-state index contributed by atoms with van der Waals surface area (Å²) in [6.45, 7) is 0.580. The van der Waals surface area contributed by atoms with Crippen LogP contribution < -0.4 is 15.2 Å². The highest BCUT2D eigenvalue weighted by Crippen LogP contribution is 2.31. The summed E-state index contributed by atoms with van der Waals surface area (Å²) < 4.78 is 8.48. The van der Waals surface area contributed by atoms with Crippen molar-refractivity contribution < 1.29 is 9.53 Å². The monoisotopic (exact) mass is 340 g/mol. The first-order chi connectivity index (χ1) is 11.7. The number of H-pyrrole nitrogens is 1. The molecule has 0 unspecified atom stereocenters. The Bertz CT molecular complexity index is 908. The smallest absolute Gasteiger partial charge is 0.261 e. The van der Waals surface area contributed by atoms with Crippen LogP contribution >= 0.6 is 11.9 Å². The maximum Gasteiger partial charge on any atom is 0.261 e. The number of carbonyl (C=O) groups excluding carboxylic acids is 1. The number of hydrogen-bond acceptors (Lipinski definition) is 5. The highest BCUT2D eigenvalue weighted by Gasteiger charge is 2.19. The number of hydrogen-bond donors (Lipinski definition) is 3. The van der Waals surface area contributed by atoms with Crippen molar-refractivity contribution in [3.05, 3.63) is 53.9 Å². The van der Waals surface area contributed by atoms with Crippen molar-refractivity contribution in [1.82, 2.24) is 14.7 Å². The minimum atomic E-state index is -0.175. The van der Waals surface area contributed by atoms with E-state index in [4.69, 9.17) is 10.5 Å². The summed E-state index contributed by atoms with van der Waals surface area (Å²) in [5.41, 5.74) is 8.36. The second-order valence-corrected chi connectivity index (χ2v) is 6.43. The first-order valence-electron chi connectivity index (χ1n) is 7.64. The van der Waals surface area contributed by atoms with Gasteiger partial charge in [-0.15, -0.1) is 0 Å². The lowest BCUT2D eigenvalue weighted by atomic mass is 9.99. The van der Waals surface area contributed by atoms with E-state index < -0.39 is 0 Å². The van der Waals surface area contributed by atoms with E-state index in [1.807, 2.05) is 24.4 Å². The van der Waals surface area contributed by atoms with Crippen molar-refractivity contribution in [2.75, 3.05) is 6.61 Å². The molecule has 1 aromatic carbocycles. The number of amides is 1. The van der Waals surface area contributed by atoms with Gasteiger partial charge in [-0.2, -0.15) is 0 Å². The van der Waals surface area contributed by atoms with E-state index >= 15 is 0 Å². The van der Waals surface area contributed by atoms with Crippen molar-refractivity contribution in [1.29, 1.82) is 0 Å². The molecule has 0 radical (unpaired) electrons. The van der Waals surface area contributed by atoms with E-state index in [1.54, 1.807) is 18.3 Å². The molecule has 122 valence electrons. The summed E-state index contributed by atoms with van der Waals surface area (Å²) in [6.07, 6.45) is 4.33. The van der Waals surface area contributed by atoms with E-state index in [9.17, 15) is 4.79 Å². The molecule has 4 rings (SSSR count). The summed E-state index contributed by atoms with van der Waals surface area (Å²) >= 11 is 1.27. The molecule has 3 heterocycles. The Morgan fingerprint density at radius 2 is 2.29 bits per heavy atom. The van der Waals surface area contributed by atoms with E-state index in [2.05, 4.69) is 14.7 Å². The zero-order chi connectivity index (χ0) is 16.5. The molecule has 0 spiro atoms. The van der Waals surface area contributed by atoms with E-state index in [0.29, 0.717) is 17.9 Å². The van der Waals surface area contributed by atoms with Gasteiger partial charge in [-0.25, -0.2) is 4.98 Å². The maximum atomic E-state index is 12.4. The molecule has 0 bridgehead atoms. The van der Waals surface area contributed by atoms with Gasteiger partial charge in [-0.3, -0.25) is 9.52 Å². The second-order valence-electron chi connectivity index (χ2n) is 5.58. The van der Waals surface area contributed by atoms with Crippen LogP contribution in [0, 0.1) is 0 Å². The lowest BCUT2D eigenvalue weighted by molar-refractivity contribution is 0.0983. The highest BCUT2D eigenvalue weighted by molar-refractivity contribution is 7.98. The number of rotatable bonds is 3. The van der Waals surface area contributed by atoms with Crippen LogP contribution in [0.15, 0.2) is 47.6 Å². The zero-order valence-electron chi connectivity index (χ0n) is 12.8. The lowest BCUT2D eigenvalue weighted by Crippen LogP contribution is -2.22. The third-order valence-corrected chi connectivity index (χ3v) is 4.90. The summed E-state index contributed by atoms with van der Waals surface area (Å²) in [7, 11) is 0. The predicted octanol–water partition coefficient (Wildman–Crippen LogP) is 2.78. The fourth-order valence-electron chi connectivity index (χ4n) is 2.74. The number of nitrogens with two attached hydrogens (primary N) is 1. The number of carbonyl (C=O) groups is 1. The number of aromatic nitrogens is 2. The van der Waals surface area contributed by atoms with Crippen molar-refractivity contribution in [3.63, 3.8) is 0 Å². The number of nitrogens with zero attached hydrogens (tertiary/aromatic N) is 1. The normalized spacial score (nSPS) is 16.5. The van der Waals surface area contributed by atoms with Crippen molar-refractivity contribution >= 4 is 28.9 Å². The molecule has 2 aromatic heterocycles. The van der Waals surface area contributed by atoms with Gasteiger partial charge in [0, 0.05) is 46.3 Å². The Kier molecular flexibility index (Phi) is 3.87. The second kappa shape index (κ2) is 6.18. The first-order valence-corrected chi connectivity index (χ1v) is 8.45. The first kappa shape index (κ1) is 15.0. The van der Waals surface area contributed by atoms with Crippen molar-refractivity contribution in [2.24, 2.45) is 5.73 Å². The largest absolute Gasteiger partial charge is 0.493 e. The maximum absolute atomic E-state index is 12.4. The Morgan fingerprint density at radius 1 is 1.38 bits per heavy atom. The summed E-state index contributed by atoms with van der Waals surface area (Å²) in [4.78, 5) is 20.6. The molecule has 0 saturated carbocycles. The third-order valence-electron chi connectivity index (χ3n) is 4.04. The Balaban J connectivity index is 1.51. The van der Waals surface area contributed by atoms with Gasteiger partial charge in [-0.05, 0) is 36.2 Å². The number of nitrogens with one attached hydrogen (secondary N) is 2. The Hall–Kier alpha value is -2.51. The quantitative estimate of drug-likeness (QED) is 0.638. The van der Waals surface area contributed by atoms with Gasteiger partial charge in [0.25, 0.3) is 5.91 Å². The standard InChI is InChI=1S/C17H16N4O2S/c18-13-5-8-23-14-9-10(1-2-11(13)14)17(22)21-24-15-4-7-20-16-12(15)3-6-19-16/h1-4,6-7,9,13H,5,8,18H2,(H,19,20)(H,21,22)/t13-/m1/s1. The Morgan fingerprint density at radius 3 is 3.21 bits per heavy atom. The van der Waals surface area contributed by atoms with Crippen LogP contribution in [-0.2, 0) is 0 Å². The molecule has 1 aliphatic heterocycles. The highest BCUT2D eigenvalue weighted by atomic mass is 32.2. The summed E-state index contributed by atoms with van der Waals surface area (Å²) in [5, 5.41) is 0.975. The molecular weight excluding hydrogens is 324 g/mol. The minimum absolute atomic E-state index is 0.0288. The van der Waals surface area contributed by atoms with Crippen LogP contribution in [0.2, 0.25) is 0 Å². The average Bonchev–Trinajstić information content (AvgIpc) is 3.09. The topological polar surface area (TPSA) is 93.0 Å². The van der Waals surface area contributed by atoms with Gasteiger partial charge in [0.15, 0.2) is 0 Å². The molecule has 7 heteroatoms. The van der Waals surface area contributed by atoms with E-state index in [0.717, 1.165) is 27.9 Å². The van der Waals surface area contributed by atoms with Gasteiger partial charge in [0.1, 0.15) is 11.4 Å². The van der Waals surface area contributed by atoms with Gasteiger partial charge in [-0.1, -0.05) is 6.07 Å². The van der Waals surface area contributed by atoms with Crippen LogP contribution in [0.25, 0.3) is 11.0 Å². The van der Waals surface area contributed by atoms with E-state index in [-0.39, 0.29) is 11.9 Å². The van der Waals surface area contributed by atoms with Gasteiger partial charge in [0.2, 0.25) is 0 Å². The number of aromatic amines is 1. The molecular formula is C17H16N4O2S. The van der Waals surface area contributed by atoms with Crippen LogP contribution in [0.1, 0.15) is 28.4 Å². The molecule has 6 nitrogen and oxygen atoms in total. The molecule has 1 atom stereocenters. The summed E-state index contributed by atoms with van der Waals surface area (Å²) in [5.74, 6) is 0.523. The number of pyridine rings is 1. The third kappa shape index (κ3) is 2.72. The minimum Gasteiger partial charge on any atom is -0.493 e. The number of ether oxygens (including phenoxy) is 1. The van der Waals surface area contributed by atoms with Crippen LogP contribution in [-0.4, -0.2) is 22.5 Å². The van der Waals surface area contributed by atoms with Gasteiger partial charge >= 0.3 is 0 Å². The number of benzene rings is 1. The molecule has 4 N–H and O–H groups in total. The molecule has 24 heavy (non-hydrogen) atoms. The van der Waals surface area contributed by atoms with Crippen molar-refractivity contribution in [2.45, 2.75) is 17.4 Å². The number of fused-ring (bicyclic) bond motifs is 2. The van der Waals surface area contributed by atoms with Crippen LogP contribution in [0.3, 0.4) is 0 Å². The molecule has 1 aliphatic rings. The van der Waals surface area contributed by atoms with Crippen molar-refractivity contribution in [3.8, 4) is 5.75 Å². The van der Waals surface area contributed by atoms with E-state index in [1.165, 1.54) is 11.9 Å². The molecule has 0 fully saturated rings. The molecule has 0 aliphatic carbocycles. The SMILES string of the molecule is N[C@@H]1CCOc2cc(C(=O)NSc3ccnc4[nH]ccc34)ccc21. The fourth-order valence-corrected chi connectivity index (χ4v) is 3.47.